The number of rotatable bonds is 4. The second-order valence-corrected chi connectivity index (χ2v) is 6.64. The third-order valence-electron chi connectivity index (χ3n) is 3.50. The Hall–Kier alpha value is -1.77. The Balaban J connectivity index is 2.51. The first-order valence-corrected chi connectivity index (χ1v) is 7.89. The predicted octanol–water partition coefficient (Wildman–Crippen LogP) is 1.29. The first kappa shape index (κ1) is 15.6. The molecule has 0 aliphatic carbocycles. The molecule has 1 N–H and O–H groups in total. The van der Waals surface area contributed by atoms with Gasteiger partial charge in [0.25, 0.3) is 15.7 Å². The monoisotopic (exact) mass is 312 g/mol. The fourth-order valence-corrected chi connectivity index (χ4v) is 4.30. The fraction of sp³-hybridized carbons (Fsp3) is 0.385. The van der Waals surface area contributed by atoms with Crippen molar-refractivity contribution in [3.63, 3.8) is 0 Å². The highest BCUT2D eigenvalue weighted by Gasteiger charge is 2.39. The van der Waals surface area contributed by atoms with Crippen molar-refractivity contribution in [2.45, 2.75) is 29.9 Å². The quantitative estimate of drug-likeness (QED) is 0.513. The molecule has 2 rings (SSSR count). The highest BCUT2D eigenvalue weighted by molar-refractivity contribution is 7.89. The first-order valence-electron chi connectivity index (χ1n) is 6.45. The number of benzene rings is 1. The van der Waals surface area contributed by atoms with Gasteiger partial charge in [-0.25, -0.2) is 8.42 Å². The summed E-state index contributed by atoms with van der Waals surface area (Å²) >= 11 is 0. The summed E-state index contributed by atoms with van der Waals surface area (Å²) in [5, 5.41) is 20.9. The van der Waals surface area contributed by atoms with Crippen LogP contribution in [-0.4, -0.2) is 41.4 Å². The molecule has 1 aliphatic heterocycles. The standard InChI is InChI=1S/C13H16N2O5S/c1-2-10-12(16)7-5-9-14(10)21(19,20)13-8-4-3-6-11(13)15(17)18/h2-4,6,8,10,12,16H,1,5,7,9H2/t10-,12+/m1/s1. The maximum absolute atomic E-state index is 12.7. The van der Waals surface area contributed by atoms with Gasteiger partial charge in [0.2, 0.25) is 0 Å². The Kier molecular flexibility index (Phi) is 4.40. The number of nitro groups is 1. The molecule has 1 heterocycles. The van der Waals surface area contributed by atoms with Crippen LogP contribution in [-0.2, 0) is 10.0 Å². The van der Waals surface area contributed by atoms with Gasteiger partial charge in [-0.2, -0.15) is 4.31 Å². The van der Waals surface area contributed by atoms with E-state index in [9.17, 15) is 23.6 Å². The molecule has 8 heteroatoms. The van der Waals surface area contributed by atoms with Gasteiger partial charge in [-0.15, -0.1) is 6.58 Å². The summed E-state index contributed by atoms with van der Waals surface area (Å²) in [4.78, 5) is 9.93. The molecule has 0 radical (unpaired) electrons. The van der Waals surface area contributed by atoms with Crippen molar-refractivity contribution in [1.82, 2.24) is 4.31 Å². The summed E-state index contributed by atoms with van der Waals surface area (Å²) in [5.41, 5.74) is -0.472. The molecule has 0 amide bonds. The highest BCUT2D eigenvalue weighted by Crippen LogP contribution is 2.31. The van der Waals surface area contributed by atoms with Gasteiger partial charge >= 0.3 is 0 Å². The van der Waals surface area contributed by atoms with Gasteiger partial charge in [-0.1, -0.05) is 18.2 Å². The molecule has 114 valence electrons. The molecule has 1 aromatic carbocycles. The van der Waals surface area contributed by atoms with Crippen LogP contribution in [0, 0.1) is 10.1 Å². The van der Waals surface area contributed by atoms with Crippen molar-refractivity contribution in [1.29, 1.82) is 0 Å². The maximum atomic E-state index is 12.7. The third-order valence-corrected chi connectivity index (χ3v) is 5.44. The zero-order valence-electron chi connectivity index (χ0n) is 11.3. The van der Waals surface area contributed by atoms with E-state index in [2.05, 4.69) is 6.58 Å². The second kappa shape index (κ2) is 5.92. The van der Waals surface area contributed by atoms with E-state index in [-0.39, 0.29) is 11.4 Å². The van der Waals surface area contributed by atoms with Gasteiger partial charge in [0, 0.05) is 12.6 Å². The van der Waals surface area contributed by atoms with Crippen molar-refractivity contribution < 1.29 is 18.4 Å². The van der Waals surface area contributed by atoms with E-state index in [1.54, 1.807) is 0 Å². The molecule has 1 saturated heterocycles. The summed E-state index contributed by atoms with van der Waals surface area (Å²) in [6.07, 6.45) is 1.47. The summed E-state index contributed by atoms with van der Waals surface area (Å²) in [6.45, 7) is 3.75. The van der Waals surface area contributed by atoms with Crippen molar-refractivity contribution in [2.24, 2.45) is 0 Å². The number of nitrogens with zero attached hydrogens (tertiary/aromatic N) is 2. The van der Waals surface area contributed by atoms with Gasteiger partial charge in [0.1, 0.15) is 0 Å². The largest absolute Gasteiger partial charge is 0.391 e. The van der Waals surface area contributed by atoms with Crippen LogP contribution in [0.15, 0.2) is 41.8 Å². The van der Waals surface area contributed by atoms with Gasteiger partial charge in [-0.05, 0) is 18.9 Å². The Morgan fingerprint density at radius 3 is 2.71 bits per heavy atom. The minimum Gasteiger partial charge on any atom is -0.391 e. The van der Waals surface area contributed by atoms with Crippen molar-refractivity contribution in [3.05, 3.63) is 47.0 Å². The van der Waals surface area contributed by atoms with Crippen LogP contribution in [0.5, 0.6) is 0 Å². The molecule has 2 atom stereocenters. The third kappa shape index (κ3) is 2.82. The molecule has 1 fully saturated rings. The Morgan fingerprint density at radius 2 is 2.10 bits per heavy atom. The Morgan fingerprint density at radius 1 is 1.43 bits per heavy atom. The Labute approximate surface area is 122 Å². The topological polar surface area (TPSA) is 101 Å². The normalized spacial score (nSPS) is 23.7. The molecular formula is C13H16N2O5S. The number of nitro benzene ring substituents is 1. The SMILES string of the molecule is C=C[C@@H]1[C@@H](O)CCCN1S(=O)(=O)c1ccccc1[N+](=O)[O-]. The lowest BCUT2D eigenvalue weighted by molar-refractivity contribution is -0.387. The Bertz CT molecular complexity index is 658. The van der Waals surface area contributed by atoms with Crippen LogP contribution in [0.1, 0.15) is 12.8 Å². The number of aliphatic hydroxyl groups is 1. The molecule has 0 spiro atoms. The van der Waals surface area contributed by atoms with Crippen LogP contribution < -0.4 is 0 Å². The van der Waals surface area contributed by atoms with Gasteiger partial charge in [0.05, 0.1) is 17.1 Å². The number of hydrogen-bond donors (Lipinski definition) is 1. The van der Waals surface area contributed by atoms with Crippen LogP contribution in [0.25, 0.3) is 0 Å². The summed E-state index contributed by atoms with van der Waals surface area (Å²) < 4.78 is 26.5. The number of sulfonamides is 1. The predicted molar refractivity (Wildman–Crippen MR) is 76.2 cm³/mol. The van der Waals surface area contributed by atoms with Crippen LogP contribution in [0.3, 0.4) is 0 Å². The summed E-state index contributed by atoms with van der Waals surface area (Å²) in [7, 11) is -4.07. The zero-order chi connectivity index (χ0) is 15.6. The molecule has 21 heavy (non-hydrogen) atoms. The first-order chi connectivity index (χ1) is 9.89. The lowest BCUT2D eigenvalue weighted by atomic mass is 10.0. The number of aliphatic hydroxyl groups excluding tert-OH is 1. The maximum Gasteiger partial charge on any atom is 0.289 e. The van der Waals surface area contributed by atoms with E-state index in [1.807, 2.05) is 0 Å². The second-order valence-electron chi connectivity index (χ2n) is 4.78. The highest BCUT2D eigenvalue weighted by atomic mass is 32.2. The zero-order valence-corrected chi connectivity index (χ0v) is 12.1. The molecule has 0 bridgehead atoms. The molecule has 7 nitrogen and oxygen atoms in total. The lowest BCUT2D eigenvalue weighted by Gasteiger charge is -2.36. The van der Waals surface area contributed by atoms with E-state index in [4.69, 9.17) is 0 Å². The average molecular weight is 312 g/mol. The number of piperidine rings is 1. The molecule has 0 saturated carbocycles. The smallest absolute Gasteiger partial charge is 0.289 e. The van der Waals surface area contributed by atoms with E-state index >= 15 is 0 Å². The molecule has 1 aliphatic rings. The lowest BCUT2D eigenvalue weighted by Crippen LogP contribution is -2.49. The van der Waals surface area contributed by atoms with Crippen molar-refractivity contribution in [3.8, 4) is 0 Å². The van der Waals surface area contributed by atoms with Crippen LogP contribution >= 0.6 is 0 Å². The van der Waals surface area contributed by atoms with Crippen molar-refractivity contribution in [2.75, 3.05) is 6.54 Å². The summed E-state index contributed by atoms with van der Waals surface area (Å²) in [6, 6.07) is 4.42. The van der Waals surface area contributed by atoms with E-state index in [0.29, 0.717) is 12.8 Å². The molecular weight excluding hydrogens is 296 g/mol. The number of para-hydroxylation sites is 1. The van der Waals surface area contributed by atoms with Crippen LogP contribution in [0.2, 0.25) is 0 Å². The van der Waals surface area contributed by atoms with E-state index in [1.165, 1.54) is 24.3 Å². The van der Waals surface area contributed by atoms with Crippen LogP contribution in [0.4, 0.5) is 5.69 Å². The van der Waals surface area contributed by atoms with Gasteiger partial charge < -0.3 is 5.11 Å². The minimum atomic E-state index is -4.07. The fourth-order valence-electron chi connectivity index (χ4n) is 2.48. The molecule has 0 unspecified atom stereocenters. The molecule has 1 aromatic rings. The summed E-state index contributed by atoms with van der Waals surface area (Å²) in [5.74, 6) is 0. The van der Waals surface area contributed by atoms with E-state index < -0.39 is 32.8 Å². The average Bonchev–Trinajstić information content (AvgIpc) is 2.46. The van der Waals surface area contributed by atoms with Crippen molar-refractivity contribution >= 4 is 15.7 Å². The molecule has 0 aromatic heterocycles. The van der Waals surface area contributed by atoms with Gasteiger partial charge in [0.15, 0.2) is 4.90 Å². The van der Waals surface area contributed by atoms with E-state index in [0.717, 1.165) is 10.4 Å². The number of hydrogen-bond acceptors (Lipinski definition) is 5. The van der Waals surface area contributed by atoms with Gasteiger partial charge in [-0.3, -0.25) is 10.1 Å². The minimum absolute atomic E-state index is 0.197.